The molecule has 0 aromatic heterocycles. The lowest BCUT2D eigenvalue weighted by molar-refractivity contribution is -0.143. The molecule has 6 heteroatoms. The molecule has 1 rings (SSSR count). The van der Waals surface area contributed by atoms with Crippen LogP contribution in [0.2, 0.25) is 5.02 Å². The molecule has 0 saturated carbocycles. The average Bonchev–Trinajstić information content (AvgIpc) is 2.42. The van der Waals surface area contributed by atoms with Crippen LogP contribution >= 0.6 is 11.6 Å². The molecule has 0 heterocycles. The third kappa shape index (κ3) is 6.04. The normalized spacial score (nSPS) is 11.6. The van der Waals surface area contributed by atoms with E-state index in [1.54, 1.807) is 32.0 Å². The van der Waals surface area contributed by atoms with Crippen LogP contribution in [0.1, 0.15) is 25.8 Å². The van der Waals surface area contributed by atoms with E-state index in [-0.39, 0.29) is 24.8 Å². The fourth-order valence-electron chi connectivity index (χ4n) is 1.65. The average molecular weight is 314 g/mol. The maximum absolute atomic E-state index is 11.9. The Morgan fingerprint density at radius 1 is 1.38 bits per heavy atom. The zero-order valence-electron chi connectivity index (χ0n) is 12.4. The number of carbonyl (C=O) groups excluding carboxylic acids is 2. The molecule has 1 aromatic rings. The van der Waals surface area contributed by atoms with Crippen LogP contribution in [0.4, 0.5) is 0 Å². The van der Waals surface area contributed by atoms with E-state index in [0.717, 1.165) is 5.56 Å². The molecule has 5 nitrogen and oxygen atoms in total. The first-order valence-corrected chi connectivity index (χ1v) is 7.18. The van der Waals surface area contributed by atoms with Gasteiger partial charge in [-0.3, -0.25) is 9.59 Å². The summed E-state index contributed by atoms with van der Waals surface area (Å²) in [6.45, 7) is 5.80. The minimum absolute atomic E-state index is 0.145. The molecule has 1 aromatic carbocycles. The van der Waals surface area contributed by atoms with Gasteiger partial charge in [-0.1, -0.05) is 11.6 Å². The maximum Gasteiger partial charge on any atom is 0.307 e. The molecule has 0 aliphatic carbocycles. The van der Waals surface area contributed by atoms with Crippen molar-refractivity contribution in [2.24, 2.45) is 0 Å². The largest absolute Gasteiger partial charge is 0.481 e. The van der Waals surface area contributed by atoms with E-state index < -0.39 is 6.10 Å². The number of aryl methyl sites for hydroxylation is 1. The van der Waals surface area contributed by atoms with Crippen LogP contribution in [0.15, 0.2) is 18.2 Å². The van der Waals surface area contributed by atoms with Crippen molar-refractivity contribution in [3.8, 4) is 5.75 Å². The Morgan fingerprint density at radius 2 is 2.10 bits per heavy atom. The first kappa shape index (κ1) is 17.3. The summed E-state index contributed by atoms with van der Waals surface area (Å²) in [5, 5.41) is 3.25. The minimum Gasteiger partial charge on any atom is -0.481 e. The molecular weight excluding hydrogens is 294 g/mol. The van der Waals surface area contributed by atoms with Crippen molar-refractivity contribution in [1.29, 1.82) is 0 Å². The fourth-order valence-corrected chi connectivity index (χ4v) is 1.88. The molecule has 1 atom stereocenters. The Morgan fingerprint density at radius 3 is 2.71 bits per heavy atom. The maximum atomic E-state index is 11.9. The number of rotatable bonds is 7. The molecule has 1 unspecified atom stereocenters. The van der Waals surface area contributed by atoms with Crippen molar-refractivity contribution < 1.29 is 19.1 Å². The predicted octanol–water partition coefficient (Wildman–Crippen LogP) is 2.49. The zero-order valence-corrected chi connectivity index (χ0v) is 13.2. The Labute approximate surface area is 129 Å². The molecule has 116 valence electrons. The quantitative estimate of drug-likeness (QED) is 0.785. The van der Waals surface area contributed by atoms with Gasteiger partial charge in [0.05, 0.1) is 13.0 Å². The second-order valence-corrected chi connectivity index (χ2v) is 4.95. The molecule has 0 aliphatic rings. The number of hydrogen-bond acceptors (Lipinski definition) is 4. The summed E-state index contributed by atoms with van der Waals surface area (Å²) in [6.07, 6.45) is -0.515. The second-order valence-electron chi connectivity index (χ2n) is 4.52. The number of esters is 1. The van der Waals surface area contributed by atoms with E-state index in [0.29, 0.717) is 17.4 Å². The summed E-state index contributed by atoms with van der Waals surface area (Å²) in [5.41, 5.74) is 0.855. The summed E-state index contributed by atoms with van der Waals surface area (Å²) < 4.78 is 10.4. The van der Waals surface area contributed by atoms with Gasteiger partial charge in [-0.15, -0.1) is 0 Å². The molecule has 0 saturated heterocycles. The van der Waals surface area contributed by atoms with Crippen molar-refractivity contribution in [1.82, 2.24) is 5.32 Å². The van der Waals surface area contributed by atoms with Crippen molar-refractivity contribution in [3.05, 3.63) is 28.8 Å². The third-order valence-corrected chi connectivity index (χ3v) is 2.98. The van der Waals surface area contributed by atoms with Crippen molar-refractivity contribution in [2.45, 2.75) is 33.3 Å². The number of hydrogen-bond donors (Lipinski definition) is 1. The zero-order chi connectivity index (χ0) is 15.8. The highest BCUT2D eigenvalue weighted by Gasteiger charge is 2.15. The fraction of sp³-hybridized carbons (Fsp3) is 0.467. The molecule has 0 radical (unpaired) electrons. The van der Waals surface area contributed by atoms with Crippen LogP contribution in [0, 0.1) is 6.92 Å². The van der Waals surface area contributed by atoms with Gasteiger partial charge in [0.1, 0.15) is 5.75 Å². The Bertz CT molecular complexity index is 504. The second kappa shape index (κ2) is 8.52. The topological polar surface area (TPSA) is 64.6 Å². The van der Waals surface area contributed by atoms with Crippen LogP contribution in [0.25, 0.3) is 0 Å². The lowest BCUT2D eigenvalue weighted by Gasteiger charge is -2.16. The first-order valence-electron chi connectivity index (χ1n) is 6.80. The van der Waals surface area contributed by atoms with Gasteiger partial charge in [0.25, 0.3) is 5.91 Å². The lowest BCUT2D eigenvalue weighted by atomic mass is 10.2. The molecule has 21 heavy (non-hydrogen) atoms. The Kier molecular flexibility index (Phi) is 7.02. The van der Waals surface area contributed by atoms with Crippen LogP contribution in [0.3, 0.4) is 0 Å². The van der Waals surface area contributed by atoms with E-state index in [1.807, 2.05) is 6.92 Å². The van der Waals surface area contributed by atoms with Crippen molar-refractivity contribution in [2.75, 3.05) is 13.2 Å². The van der Waals surface area contributed by atoms with Gasteiger partial charge in [-0.25, -0.2) is 0 Å². The van der Waals surface area contributed by atoms with Crippen LogP contribution in [-0.4, -0.2) is 31.1 Å². The molecule has 0 aliphatic heterocycles. The van der Waals surface area contributed by atoms with Crippen LogP contribution in [-0.2, 0) is 14.3 Å². The molecule has 0 fully saturated rings. The summed E-state index contributed by atoms with van der Waals surface area (Å²) >= 11 is 5.86. The summed E-state index contributed by atoms with van der Waals surface area (Å²) in [5.74, 6) is -0.0130. The summed E-state index contributed by atoms with van der Waals surface area (Å²) in [6, 6.07) is 5.19. The predicted molar refractivity (Wildman–Crippen MR) is 80.5 cm³/mol. The van der Waals surface area contributed by atoms with E-state index in [2.05, 4.69) is 5.32 Å². The molecule has 0 spiro atoms. The highest BCUT2D eigenvalue weighted by Crippen LogP contribution is 2.22. The smallest absolute Gasteiger partial charge is 0.307 e. The SMILES string of the molecule is CCOC(=O)CCNC(=O)C(C)Oc1ccc(Cl)cc1C. The monoisotopic (exact) mass is 313 g/mol. The number of ether oxygens (including phenoxy) is 2. The van der Waals surface area contributed by atoms with Crippen molar-refractivity contribution in [3.63, 3.8) is 0 Å². The first-order chi connectivity index (χ1) is 9.93. The van der Waals surface area contributed by atoms with E-state index in [4.69, 9.17) is 21.1 Å². The number of carbonyl (C=O) groups is 2. The van der Waals surface area contributed by atoms with Crippen molar-refractivity contribution >= 4 is 23.5 Å². The standard InChI is InChI=1S/C15H20ClNO4/c1-4-20-14(18)7-8-17-15(19)11(3)21-13-6-5-12(16)9-10(13)2/h5-6,9,11H,4,7-8H2,1-3H3,(H,17,19). The van der Waals surface area contributed by atoms with E-state index in [1.165, 1.54) is 0 Å². The van der Waals surface area contributed by atoms with Gasteiger partial charge in [-0.05, 0) is 44.5 Å². The highest BCUT2D eigenvalue weighted by molar-refractivity contribution is 6.30. The van der Waals surface area contributed by atoms with Gasteiger partial charge in [-0.2, -0.15) is 0 Å². The number of nitrogens with one attached hydrogen (secondary N) is 1. The molecular formula is C15H20ClNO4. The van der Waals surface area contributed by atoms with E-state index >= 15 is 0 Å². The third-order valence-electron chi connectivity index (χ3n) is 2.74. The molecule has 1 N–H and O–H groups in total. The molecule has 0 bridgehead atoms. The molecule has 1 amide bonds. The number of amides is 1. The van der Waals surface area contributed by atoms with Crippen LogP contribution in [0.5, 0.6) is 5.75 Å². The van der Waals surface area contributed by atoms with Gasteiger partial charge >= 0.3 is 5.97 Å². The Balaban J connectivity index is 2.42. The van der Waals surface area contributed by atoms with E-state index in [9.17, 15) is 9.59 Å². The lowest BCUT2D eigenvalue weighted by Crippen LogP contribution is -2.37. The minimum atomic E-state index is -0.660. The number of benzene rings is 1. The van der Waals surface area contributed by atoms with Gasteiger partial charge < -0.3 is 14.8 Å². The van der Waals surface area contributed by atoms with Gasteiger partial charge in [0.15, 0.2) is 6.10 Å². The summed E-state index contributed by atoms with van der Waals surface area (Å²) in [4.78, 5) is 23.0. The van der Waals surface area contributed by atoms with Crippen LogP contribution < -0.4 is 10.1 Å². The Hall–Kier alpha value is -1.75. The van der Waals surface area contributed by atoms with Gasteiger partial charge in [0, 0.05) is 11.6 Å². The summed E-state index contributed by atoms with van der Waals surface area (Å²) in [7, 11) is 0. The van der Waals surface area contributed by atoms with Gasteiger partial charge in [0.2, 0.25) is 0 Å². The number of halogens is 1. The highest BCUT2D eigenvalue weighted by atomic mass is 35.5.